The fraction of sp³-hybridized carbons (Fsp3) is 0.389. The minimum absolute atomic E-state index is 0.0528. The van der Waals surface area contributed by atoms with Crippen LogP contribution in [0.4, 0.5) is 13.2 Å². The van der Waals surface area contributed by atoms with E-state index in [1.54, 1.807) is 12.3 Å². The summed E-state index contributed by atoms with van der Waals surface area (Å²) in [4.78, 5) is 13.5. The first kappa shape index (κ1) is 20.0. The second-order valence-electron chi connectivity index (χ2n) is 6.41. The average molecular weight is 396 g/mol. The lowest BCUT2D eigenvalue weighted by Crippen LogP contribution is -2.28. The fourth-order valence-corrected chi connectivity index (χ4v) is 3.07. The molecule has 2 heterocycles. The number of rotatable bonds is 6. The van der Waals surface area contributed by atoms with E-state index in [9.17, 15) is 18.0 Å². The van der Waals surface area contributed by atoms with Crippen molar-refractivity contribution in [3.8, 4) is 0 Å². The number of aliphatic hydroxyl groups excluding tert-OH is 1. The first-order valence-electron chi connectivity index (χ1n) is 8.52. The number of carbonyl (C=O) groups is 1. The van der Waals surface area contributed by atoms with Crippen LogP contribution in [0.15, 0.2) is 43.1 Å². The van der Waals surface area contributed by atoms with Crippen LogP contribution < -0.4 is 0 Å². The monoisotopic (exact) mass is 396 g/mol. The molecule has 1 aromatic carbocycles. The second kappa shape index (κ2) is 8.11. The number of aromatic nitrogens is 3. The Balaban J connectivity index is 1.75. The molecule has 3 rings (SSSR count). The van der Waals surface area contributed by atoms with Gasteiger partial charge in [-0.2, -0.15) is 13.2 Å². The van der Waals surface area contributed by atoms with Crippen molar-refractivity contribution in [2.45, 2.75) is 31.5 Å². The van der Waals surface area contributed by atoms with Crippen LogP contribution in [0.1, 0.15) is 22.9 Å². The maximum atomic E-state index is 12.9. The van der Waals surface area contributed by atoms with E-state index in [2.05, 4.69) is 16.9 Å². The molecule has 1 N–H and O–H groups in total. The van der Waals surface area contributed by atoms with Crippen LogP contribution in [0.3, 0.4) is 0 Å². The van der Waals surface area contributed by atoms with Gasteiger partial charge in [-0.15, -0.1) is 5.10 Å². The average Bonchev–Trinajstić information content (AvgIpc) is 3.32. The highest BCUT2D eigenvalue weighted by atomic mass is 19.4. The molecular formula is C18H19F3N4O3. The number of ether oxygens (including phenoxy) is 1. The first-order chi connectivity index (χ1) is 13.3. The van der Waals surface area contributed by atoms with E-state index in [-0.39, 0.29) is 38.3 Å². The van der Waals surface area contributed by atoms with E-state index in [1.165, 1.54) is 21.7 Å². The van der Waals surface area contributed by atoms with Gasteiger partial charge in [0, 0.05) is 13.1 Å². The molecule has 7 nitrogen and oxygen atoms in total. The number of hydrogen-bond acceptors (Lipinski definition) is 5. The minimum Gasteiger partial charge on any atom is -0.390 e. The van der Waals surface area contributed by atoms with Gasteiger partial charge in [-0.05, 0) is 23.8 Å². The largest absolute Gasteiger partial charge is 0.416 e. The Labute approximate surface area is 159 Å². The molecule has 150 valence electrons. The Kier molecular flexibility index (Phi) is 5.80. The van der Waals surface area contributed by atoms with Gasteiger partial charge in [0.2, 0.25) is 5.91 Å². The lowest BCUT2D eigenvalue weighted by atomic mass is 10.1. The van der Waals surface area contributed by atoms with Crippen molar-refractivity contribution < 1.29 is 27.8 Å². The number of aliphatic hydroxyl groups is 1. The number of hydrogen-bond donors (Lipinski definition) is 1. The smallest absolute Gasteiger partial charge is 0.390 e. The normalized spacial score (nSPS) is 19.8. The number of carbonyl (C=O) groups excluding carboxylic acids is 1. The van der Waals surface area contributed by atoms with E-state index in [4.69, 9.17) is 9.84 Å². The lowest BCUT2D eigenvalue weighted by Gasteiger charge is -2.19. The molecule has 2 aromatic rings. The van der Waals surface area contributed by atoms with Crippen molar-refractivity contribution in [1.82, 2.24) is 19.9 Å². The molecule has 1 aromatic heterocycles. The van der Waals surface area contributed by atoms with Crippen molar-refractivity contribution in [2.75, 3.05) is 13.1 Å². The molecular weight excluding hydrogens is 377 g/mol. The molecule has 1 aliphatic heterocycles. The maximum Gasteiger partial charge on any atom is 0.416 e. The predicted octanol–water partition coefficient (Wildman–Crippen LogP) is 1.94. The molecule has 0 radical (unpaired) electrons. The third-order valence-electron chi connectivity index (χ3n) is 4.50. The molecule has 0 aliphatic carbocycles. The summed E-state index contributed by atoms with van der Waals surface area (Å²) < 4.78 is 46.0. The van der Waals surface area contributed by atoms with Gasteiger partial charge in [-0.25, -0.2) is 4.68 Å². The minimum atomic E-state index is -4.43. The number of halogens is 3. The Bertz CT molecular complexity index is 853. The van der Waals surface area contributed by atoms with Crippen molar-refractivity contribution in [3.05, 3.63) is 59.9 Å². The molecule has 1 fully saturated rings. The van der Waals surface area contributed by atoms with Gasteiger partial charge < -0.3 is 14.7 Å². The third-order valence-corrected chi connectivity index (χ3v) is 4.50. The van der Waals surface area contributed by atoms with E-state index in [0.29, 0.717) is 11.3 Å². The van der Waals surface area contributed by atoms with Gasteiger partial charge in [0.05, 0.1) is 37.1 Å². The van der Waals surface area contributed by atoms with Gasteiger partial charge in [0.1, 0.15) is 5.69 Å². The third kappa shape index (κ3) is 4.39. The Morgan fingerprint density at radius 1 is 1.39 bits per heavy atom. The predicted molar refractivity (Wildman–Crippen MR) is 91.8 cm³/mol. The highest BCUT2D eigenvalue weighted by Crippen LogP contribution is 2.30. The SMILES string of the molecule is C=CC(=O)N1CC(n2cc(CO)nn2)[C@H](OCc2cccc(C(F)(F)F)c2)C1. The van der Waals surface area contributed by atoms with E-state index in [0.717, 1.165) is 12.1 Å². The topological polar surface area (TPSA) is 80.5 Å². The highest BCUT2D eigenvalue weighted by Gasteiger charge is 2.37. The van der Waals surface area contributed by atoms with Crippen LogP contribution in [-0.2, 0) is 28.9 Å². The summed E-state index contributed by atoms with van der Waals surface area (Å²) in [6.45, 7) is 3.66. The zero-order chi connectivity index (χ0) is 20.3. The quantitative estimate of drug-likeness (QED) is 0.755. The van der Waals surface area contributed by atoms with Crippen molar-refractivity contribution in [2.24, 2.45) is 0 Å². The summed E-state index contributed by atoms with van der Waals surface area (Å²) in [7, 11) is 0. The lowest BCUT2D eigenvalue weighted by molar-refractivity contribution is -0.137. The molecule has 0 bridgehead atoms. The van der Waals surface area contributed by atoms with Crippen LogP contribution >= 0.6 is 0 Å². The number of benzene rings is 1. The summed E-state index contributed by atoms with van der Waals surface area (Å²) in [6, 6.07) is 4.52. The van der Waals surface area contributed by atoms with Gasteiger partial charge in [-0.1, -0.05) is 23.9 Å². The summed E-state index contributed by atoms with van der Waals surface area (Å²) in [5, 5.41) is 16.9. The summed E-state index contributed by atoms with van der Waals surface area (Å²) in [6.07, 6.45) is -2.20. The summed E-state index contributed by atoms with van der Waals surface area (Å²) >= 11 is 0. The molecule has 0 spiro atoms. The molecule has 0 saturated carbocycles. The zero-order valence-electron chi connectivity index (χ0n) is 14.8. The fourth-order valence-electron chi connectivity index (χ4n) is 3.07. The van der Waals surface area contributed by atoms with E-state index in [1.807, 2.05) is 0 Å². The molecule has 1 amide bonds. The van der Waals surface area contributed by atoms with Gasteiger partial charge in [0.15, 0.2) is 0 Å². The van der Waals surface area contributed by atoms with Crippen LogP contribution in [-0.4, -0.2) is 50.1 Å². The van der Waals surface area contributed by atoms with Crippen LogP contribution in [0.5, 0.6) is 0 Å². The van der Waals surface area contributed by atoms with E-state index < -0.39 is 17.8 Å². The molecule has 1 saturated heterocycles. The van der Waals surface area contributed by atoms with Gasteiger partial charge in [-0.3, -0.25) is 4.79 Å². The number of nitrogens with zero attached hydrogens (tertiary/aromatic N) is 4. The zero-order valence-corrected chi connectivity index (χ0v) is 14.8. The standard InChI is InChI=1S/C18H19F3N4O3/c1-2-17(27)24-8-15(25-7-14(10-26)22-23-25)16(9-24)28-11-12-4-3-5-13(6-12)18(19,20)21/h2-7,15-16,26H,1,8-11H2/t15?,16-/m1/s1. The first-order valence-corrected chi connectivity index (χ1v) is 8.52. The molecule has 1 aliphatic rings. The van der Waals surface area contributed by atoms with Crippen LogP contribution in [0.2, 0.25) is 0 Å². The van der Waals surface area contributed by atoms with Gasteiger partial charge >= 0.3 is 6.18 Å². The second-order valence-corrected chi connectivity index (χ2v) is 6.41. The Morgan fingerprint density at radius 3 is 2.82 bits per heavy atom. The highest BCUT2D eigenvalue weighted by molar-refractivity contribution is 5.87. The van der Waals surface area contributed by atoms with Crippen LogP contribution in [0, 0.1) is 0 Å². The summed E-state index contributed by atoms with van der Waals surface area (Å²) in [5.74, 6) is -0.280. The summed E-state index contributed by atoms with van der Waals surface area (Å²) in [5.41, 5.74) is -0.00858. The maximum absolute atomic E-state index is 12.9. The van der Waals surface area contributed by atoms with E-state index >= 15 is 0 Å². The van der Waals surface area contributed by atoms with Gasteiger partial charge in [0.25, 0.3) is 0 Å². The van der Waals surface area contributed by atoms with Crippen molar-refractivity contribution in [3.63, 3.8) is 0 Å². The van der Waals surface area contributed by atoms with Crippen LogP contribution in [0.25, 0.3) is 0 Å². The Hall–Kier alpha value is -2.72. The molecule has 28 heavy (non-hydrogen) atoms. The Morgan fingerprint density at radius 2 is 2.18 bits per heavy atom. The number of amides is 1. The van der Waals surface area contributed by atoms with Crippen molar-refractivity contribution in [1.29, 1.82) is 0 Å². The molecule has 10 heteroatoms. The molecule has 1 unspecified atom stereocenters. The number of alkyl halides is 3. The number of likely N-dealkylation sites (tertiary alicyclic amines) is 1. The van der Waals surface area contributed by atoms with Crippen molar-refractivity contribution >= 4 is 5.91 Å². The molecule has 2 atom stereocenters.